The number of carboxylic acid groups (broad SMARTS) is 1. The number of hydrogen-bond donors (Lipinski definition) is 2. The molecule has 1 aromatic carbocycles. The molecule has 2 amide bonds. The number of piperidine rings is 1. The van der Waals surface area contributed by atoms with Gasteiger partial charge >= 0.3 is 12.0 Å². The van der Waals surface area contributed by atoms with Crippen molar-refractivity contribution in [2.45, 2.75) is 50.6 Å². The number of likely N-dealkylation sites (tertiary alicyclic amines) is 1. The van der Waals surface area contributed by atoms with Crippen molar-refractivity contribution < 1.29 is 14.7 Å². The summed E-state index contributed by atoms with van der Waals surface area (Å²) in [5, 5.41) is 12.1. The van der Waals surface area contributed by atoms with Gasteiger partial charge in [0.25, 0.3) is 0 Å². The molecule has 1 fully saturated rings. The third-order valence-corrected chi connectivity index (χ3v) is 5.94. The zero-order chi connectivity index (χ0) is 19.8. The Kier molecular flexibility index (Phi) is 8.44. The van der Waals surface area contributed by atoms with Gasteiger partial charge in [0.1, 0.15) is 0 Å². The van der Waals surface area contributed by atoms with Crippen LogP contribution in [0, 0.1) is 0 Å². The van der Waals surface area contributed by atoms with Crippen molar-refractivity contribution in [2.75, 3.05) is 31.9 Å². The Labute approximate surface area is 166 Å². The number of carbonyl (C=O) groups is 2. The van der Waals surface area contributed by atoms with Gasteiger partial charge in [-0.2, -0.15) is 0 Å². The molecule has 1 unspecified atom stereocenters. The van der Waals surface area contributed by atoms with E-state index in [9.17, 15) is 9.59 Å². The lowest BCUT2D eigenvalue weighted by Gasteiger charge is -2.37. The highest BCUT2D eigenvalue weighted by molar-refractivity contribution is 7.99. The van der Waals surface area contributed by atoms with E-state index >= 15 is 0 Å². The van der Waals surface area contributed by atoms with E-state index in [-0.39, 0.29) is 24.7 Å². The zero-order valence-electron chi connectivity index (χ0n) is 16.5. The number of nitrogens with zero attached hydrogens (tertiary/aromatic N) is 2. The molecule has 1 aromatic rings. The molecular weight excluding hydrogens is 362 g/mol. The number of urea groups is 1. The van der Waals surface area contributed by atoms with E-state index in [0.29, 0.717) is 19.6 Å². The van der Waals surface area contributed by atoms with E-state index in [4.69, 9.17) is 5.11 Å². The molecule has 27 heavy (non-hydrogen) atoms. The fourth-order valence-corrected chi connectivity index (χ4v) is 4.15. The first-order valence-corrected chi connectivity index (χ1v) is 10.7. The largest absolute Gasteiger partial charge is 0.480 e. The smallest absolute Gasteiger partial charge is 0.317 e. The topological polar surface area (TPSA) is 72.9 Å². The van der Waals surface area contributed by atoms with Gasteiger partial charge < -0.3 is 15.3 Å². The molecule has 1 aliphatic heterocycles. The highest BCUT2D eigenvalue weighted by Gasteiger charge is 2.27. The highest BCUT2D eigenvalue weighted by Crippen LogP contribution is 2.21. The normalized spacial score (nSPS) is 16.4. The summed E-state index contributed by atoms with van der Waals surface area (Å²) in [6.07, 6.45) is 1.62. The second-order valence-electron chi connectivity index (χ2n) is 6.85. The Morgan fingerprint density at radius 1 is 1.26 bits per heavy atom. The Hall–Kier alpha value is -1.73. The molecule has 0 bridgehead atoms. The highest BCUT2D eigenvalue weighted by atomic mass is 32.2. The van der Waals surface area contributed by atoms with E-state index in [1.807, 2.05) is 23.6 Å². The second-order valence-corrected chi connectivity index (χ2v) is 8.19. The number of thioether (sulfide) groups is 1. The van der Waals surface area contributed by atoms with Crippen LogP contribution in [-0.4, -0.2) is 64.9 Å². The fourth-order valence-electron chi connectivity index (χ4n) is 3.49. The second kappa shape index (κ2) is 10.6. The van der Waals surface area contributed by atoms with Crippen LogP contribution in [0.2, 0.25) is 0 Å². The van der Waals surface area contributed by atoms with Crippen molar-refractivity contribution in [2.24, 2.45) is 0 Å². The van der Waals surface area contributed by atoms with Crippen molar-refractivity contribution in [3.8, 4) is 0 Å². The lowest BCUT2D eigenvalue weighted by Crippen LogP contribution is -2.50. The summed E-state index contributed by atoms with van der Waals surface area (Å²) in [6, 6.07) is 8.47. The first-order chi connectivity index (χ1) is 12.9. The van der Waals surface area contributed by atoms with Crippen molar-refractivity contribution in [1.82, 2.24) is 15.1 Å². The van der Waals surface area contributed by atoms with Gasteiger partial charge in [-0.15, -0.1) is 11.8 Å². The van der Waals surface area contributed by atoms with Gasteiger partial charge in [-0.3, -0.25) is 9.69 Å². The van der Waals surface area contributed by atoms with E-state index in [2.05, 4.69) is 36.5 Å². The van der Waals surface area contributed by atoms with Gasteiger partial charge in [-0.1, -0.05) is 26.0 Å². The maximum Gasteiger partial charge on any atom is 0.317 e. The molecule has 1 saturated heterocycles. The number of carbonyl (C=O) groups excluding carboxylic acids is 1. The third kappa shape index (κ3) is 6.43. The minimum atomic E-state index is -0.797. The van der Waals surface area contributed by atoms with Gasteiger partial charge in [-0.25, -0.2) is 4.79 Å². The van der Waals surface area contributed by atoms with Crippen LogP contribution in [0.15, 0.2) is 29.2 Å². The van der Waals surface area contributed by atoms with Gasteiger partial charge in [-0.05, 0) is 49.8 Å². The lowest BCUT2D eigenvalue weighted by atomic mass is 10.0. The Balaban J connectivity index is 1.83. The van der Waals surface area contributed by atoms with E-state index in [0.717, 1.165) is 24.2 Å². The van der Waals surface area contributed by atoms with Crippen LogP contribution in [-0.2, 0) is 4.79 Å². The average molecular weight is 394 g/mol. The molecule has 2 N–H and O–H groups in total. The number of aliphatic carboxylic acids is 1. The van der Waals surface area contributed by atoms with Crippen LogP contribution in [0.5, 0.6) is 0 Å². The molecule has 150 valence electrons. The van der Waals surface area contributed by atoms with Crippen LogP contribution in [0.1, 0.15) is 45.2 Å². The molecule has 1 atom stereocenters. The van der Waals surface area contributed by atoms with Gasteiger partial charge in [0.05, 0.1) is 12.6 Å². The summed E-state index contributed by atoms with van der Waals surface area (Å²) in [7, 11) is 0. The van der Waals surface area contributed by atoms with Crippen molar-refractivity contribution >= 4 is 23.8 Å². The Morgan fingerprint density at radius 3 is 2.41 bits per heavy atom. The molecule has 0 aliphatic carbocycles. The summed E-state index contributed by atoms with van der Waals surface area (Å²) in [5.74, 6) is 0.248. The minimum Gasteiger partial charge on any atom is -0.480 e. The number of nitrogens with one attached hydrogen (secondary N) is 1. The molecular formula is C20H31N3O3S. The molecule has 1 heterocycles. The summed E-state index contributed by atoms with van der Waals surface area (Å²) >= 11 is 1.80. The molecule has 0 spiro atoms. The van der Waals surface area contributed by atoms with Crippen LogP contribution < -0.4 is 5.32 Å². The number of carboxylic acids is 1. The number of likely N-dealkylation sites (N-methyl/N-ethyl adjacent to an activating group) is 1. The van der Waals surface area contributed by atoms with Crippen molar-refractivity contribution in [3.63, 3.8) is 0 Å². The van der Waals surface area contributed by atoms with Gasteiger partial charge in [0, 0.05) is 24.0 Å². The van der Waals surface area contributed by atoms with Gasteiger partial charge in [0.2, 0.25) is 0 Å². The third-order valence-electron chi connectivity index (χ3n) is 5.04. The first-order valence-electron chi connectivity index (χ1n) is 9.68. The van der Waals surface area contributed by atoms with E-state index < -0.39 is 5.97 Å². The standard InChI is InChI=1S/C20H31N3O3S/c1-4-22(14-19(24)25)17-10-12-23(13-11-17)20(26)21-15(3)16-6-8-18(9-7-16)27-5-2/h6-9,15,17H,4-5,10-14H2,1-3H3,(H,21,26)(H,24,25). The average Bonchev–Trinajstić information content (AvgIpc) is 2.67. The summed E-state index contributed by atoms with van der Waals surface area (Å²) in [5.41, 5.74) is 1.09. The zero-order valence-corrected chi connectivity index (χ0v) is 17.3. The summed E-state index contributed by atoms with van der Waals surface area (Å²) in [4.78, 5) is 28.6. The number of rotatable bonds is 8. The SMILES string of the molecule is CCSc1ccc(C(C)NC(=O)N2CCC(N(CC)CC(=O)O)CC2)cc1. The molecule has 0 radical (unpaired) electrons. The maximum absolute atomic E-state index is 12.6. The van der Waals surface area contributed by atoms with E-state index in [1.165, 1.54) is 4.90 Å². The fraction of sp³-hybridized carbons (Fsp3) is 0.600. The number of amides is 2. The number of benzene rings is 1. The monoisotopic (exact) mass is 393 g/mol. The van der Waals surface area contributed by atoms with Crippen molar-refractivity contribution in [1.29, 1.82) is 0 Å². The van der Waals surface area contributed by atoms with Crippen molar-refractivity contribution in [3.05, 3.63) is 29.8 Å². The molecule has 1 aliphatic rings. The molecule has 0 saturated carbocycles. The summed E-state index contributed by atoms with van der Waals surface area (Å²) in [6.45, 7) is 8.21. The molecule has 0 aromatic heterocycles. The van der Waals surface area contributed by atoms with E-state index in [1.54, 1.807) is 11.8 Å². The van der Waals surface area contributed by atoms with Crippen LogP contribution >= 0.6 is 11.8 Å². The maximum atomic E-state index is 12.6. The molecule has 2 rings (SSSR count). The minimum absolute atomic E-state index is 0.0462. The predicted octanol–water partition coefficient (Wildman–Crippen LogP) is 3.44. The van der Waals surface area contributed by atoms with Gasteiger partial charge in [0.15, 0.2) is 0 Å². The first kappa shape index (κ1) is 21.6. The Morgan fingerprint density at radius 2 is 1.89 bits per heavy atom. The molecule has 6 nitrogen and oxygen atoms in total. The quantitative estimate of drug-likeness (QED) is 0.662. The summed E-state index contributed by atoms with van der Waals surface area (Å²) < 4.78 is 0. The number of hydrogen-bond acceptors (Lipinski definition) is 4. The van der Waals surface area contributed by atoms with Crippen LogP contribution in [0.3, 0.4) is 0 Å². The van der Waals surface area contributed by atoms with Crippen LogP contribution in [0.4, 0.5) is 4.79 Å². The Bertz CT molecular complexity index is 615. The molecule has 7 heteroatoms. The predicted molar refractivity (Wildman–Crippen MR) is 109 cm³/mol. The van der Waals surface area contributed by atoms with Crippen LogP contribution in [0.25, 0.3) is 0 Å². The lowest BCUT2D eigenvalue weighted by molar-refractivity contribution is -0.139.